The summed E-state index contributed by atoms with van der Waals surface area (Å²) in [6, 6.07) is 5.58. The van der Waals surface area contributed by atoms with E-state index in [1.165, 1.54) is 0 Å². The molecular formula is C12H16O2. The standard InChI is InChI=1S/C12H16O2/c1-3-4-7-11-10(9-13)6-5-8-12(11)14-2/h5-6,8-9H,3-4,7H2,1-2H3. The van der Waals surface area contributed by atoms with E-state index in [0.29, 0.717) is 0 Å². The average Bonchev–Trinajstić information content (AvgIpc) is 2.25. The zero-order valence-corrected chi connectivity index (χ0v) is 8.75. The monoisotopic (exact) mass is 192 g/mol. The number of rotatable bonds is 5. The van der Waals surface area contributed by atoms with E-state index in [2.05, 4.69) is 6.92 Å². The van der Waals surface area contributed by atoms with E-state index < -0.39 is 0 Å². The highest BCUT2D eigenvalue weighted by atomic mass is 16.5. The normalized spacial score (nSPS) is 9.86. The van der Waals surface area contributed by atoms with Gasteiger partial charge in [0.25, 0.3) is 0 Å². The molecule has 0 saturated carbocycles. The second-order valence-electron chi connectivity index (χ2n) is 3.25. The lowest BCUT2D eigenvalue weighted by molar-refractivity contribution is 0.112. The third-order valence-electron chi connectivity index (χ3n) is 2.30. The van der Waals surface area contributed by atoms with E-state index >= 15 is 0 Å². The van der Waals surface area contributed by atoms with Gasteiger partial charge in [0.05, 0.1) is 7.11 Å². The summed E-state index contributed by atoms with van der Waals surface area (Å²) < 4.78 is 5.23. The number of aldehydes is 1. The number of carbonyl (C=O) groups excluding carboxylic acids is 1. The van der Waals surface area contributed by atoms with Crippen molar-refractivity contribution >= 4 is 6.29 Å². The van der Waals surface area contributed by atoms with Gasteiger partial charge in [-0.25, -0.2) is 0 Å². The van der Waals surface area contributed by atoms with Crippen LogP contribution < -0.4 is 4.74 Å². The van der Waals surface area contributed by atoms with E-state index in [1.807, 2.05) is 18.2 Å². The van der Waals surface area contributed by atoms with Crippen molar-refractivity contribution in [2.45, 2.75) is 26.2 Å². The average molecular weight is 192 g/mol. The Hall–Kier alpha value is -1.31. The number of hydrogen-bond donors (Lipinski definition) is 0. The molecule has 0 spiro atoms. The SMILES string of the molecule is CCCCc1c(C=O)cccc1OC. The molecule has 0 unspecified atom stereocenters. The summed E-state index contributed by atoms with van der Waals surface area (Å²) in [6.45, 7) is 2.13. The predicted octanol–water partition coefficient (Wildman–Crippen LogP) is 2.85. The van der Waals surface area contributed by atoms with Crippen LogP contribution >= 0.6 is 0 Å². The van der Waals surface area contributed by atoms with Crippen LogP contribution in [-0.2, 0) is 6.42 Å². The molecule has 0 radical (unpaired) electrons. The van der Waals surface area contributed by atoms with Crippen LogP contribution in [0.4, 0.5) is 0 Å². The van der Waals surface area contributed by atoms with E-state index in [4.69, 9.17) is 4.74 Å². The third-order valence-corrected chi connectivity index (χ3v) is 2.30. The molecule has 0 aliphatic heterocycles. The Labute approximate surface area is 84.9 Å². The molecule has 0 aliphatic rings. The summed E-state index contributed by atoms with van der Waals surface area (Å²) in [5.74, 6) is 0.822. The Bertz CT molecular complexity index is 305. The molecule has 14 heavy (non-hydrogen) atoms. The van der Waals surface area contributed by atoms with Gasteiger partial charge in [0.15, 0.2) is 0 Å². The van der Waals surface area contributed by atoms with E-state index in [1.54, 1.807) is 7.11 Å². The van der Waals surface area contributed by atoms with Gasteiger partial charge in [0.2, 0.25) is 0 Å². The minimum absolute atomic E-state index is 0.748. The van der Waals surface area contributed by atoms with Crippen molar-refractivity contribution in [2.24, 2.45) is 0 Å². The number of unbranched alkanes of at least 4 members (excludes halogenated alkanes) is 1. The van der Waals surface area contributed by atoms with Crippen molar-refractivity contribution in [3.63, 3.8) is 0 Å². The van der Waals surface area contributed by atoms with Gasteiger partial charge >= 0.3 is 0 Å². The topological polar surface area (TPSA) is 26.3 Å². The fourth-order valence-corrected chi connectivity index (χ4v) is 1.51. The third kappa shape index (κ3) is 2.34. The van der Waals surface area contributed by atoms with Crippen LogP contribution in [0.25, 0.3) is 0 Å². The summed E-state index contributed by atoms with van der Waals surface area (Å²) in [6.07, 6.45) is 4.01. The first kappa shape index (κ1) is 10.8. The summed E-state index contributed by atoms with van der Waals surface area (Å²) >= 11 is 0. The zero-order chi connectivity index (χ0) is 10.4. The first-order valence-electron chi connectivity index (χ1n) is 4.94. The van der Waals surface area contributed by atoms with E-state index in [9.17, 15) is 4.79 Å². The van der Waals surface area contributed by atoms with Crippen molar-refractivity contribution in [1.29, 1.82) is 0 Å². The minimum atomic E-state index is 0.748. The van der Waals surface area contributed by atoms with Crippen LogP contribution in [0.3, 0.4) is 0 Å². The second kappa shape index (κ2) is 5.43. The van der Waals surface area contributed by atoms with Crippen molar-refractivity contribution in [3.8, 4) is 5.75 Å². The highest BCUT2D eigenvalue weighted by Crippen LogP contribution is 2.22. The molecule has 0 fully saturated rings. The van der Waals surface area contributed by atoms with Crippen LogP contribution in [0.15, 0.2) is 18.2 Å². The van der Waals surface area contributed by atoms with Crippen molar-refractivity contribution in [2.75, 3.05) is 7.11 Å². The van der Waals surface area contributed by atoms with Crippen LogP contribution in [0.5, 0.6) is 5.75 Å². The molecule has 1 aromatic rings. The van der Waals surface area contributed by atoms with E-state index in [-0.39, 0.29) is 0 Å². The Morgan fingerprint density at radius 2 is 2.21 bits per heavy atom. The molecule has 1 rings (SSSR count). The highest BCUT2D eigenvalue weighted by molar-refractivity contribution is 5.78. The van der Waals surface area contributed by atoms with Gasteiger partial charge in [-0.1, -0.05) is 25.5 Å². The summed E-state index contributed by atoms with van der Waals surface area (Å²) in [4.78, 5) is 10.8. The highest BCUT2D eigenvalue weighted by Gasteiger charge is 2.07. The first-order valence-corrected chi connectivity index (χ1v) is 4.94. The van der Waals surface area contributed by atoms with Gasteiger partial charge in [-0.05, 0) is 18.9 Å². The van der Waals surface area contributed by atoms with Gasteiger partial charge in [0.1, 0.15) is 12.0 Å². The molecule has 1 aromatic carbocycles. The molecule has 0 N–H and O–H groups in total. The summed E-state index contributed by atoms with van der Waals surface area (Å²) in [7, 11) is 1.64. The Balaban J connectivity index is 2.99. The fourth-order valence-electron chi connectivity index (χ4n) is 1.51. The lowest BCUT2D eigenvalue weighted by atomic mass is 10.0. The molecule has 0 heterocycles. The van der Waals surface area contributed by atoms with Crippen LogP contribution in [0.2, 0.25) is 0 Å². The number of carbonyl (C=O) groups is 1. The van der Waals surface area contributed by atoms with Gasteiger partial charge in [-0.3, -0.25) is 4.79 Å². The Morgan fingerprint density at radius 1 is 1.43 bits per heavy atom. The maximum absolute atomic E-state index is 10.8. The van der Waals surface area contributed by atoms with Gasteiger partial charge < -0.3 is 4.74 Å². The summed E-state index contributed by atoms with van der Waals surface area (Å²) in [5, 5.41) is 0. The predicted molar refractivity (Wildman–Crippen MR) is 57.0 cm³/mol. The van der Waals surface area contributed by atoms with E-state index in [0.717, 1.165) is 42.4 Å². The lowest BCUT2D eigenvalue weighted by Crippen LogP contribution is -1.97. The molecule has 2 heteroatoms. The van der Waals surface area contributed by atoms with Gasteiger partial charge in [-0.15, -0.1) is 0 Å². The van der Waals surface area contributed by atoms with Crippen molar-refractivity contribution < 1.29 is 9.53 Å². The van der Waals surface area contributed by atoms with Crippen LogP contribution in [-0.4, -0.2) is 13.4 Å². The quantitative estimate of drug-likeness (QED) is 0.670. The molecular weight excluding hydrogens is 176 g/mol. The first-order chi connectivity index (χ1) is 6.83. The Morgan fingerprint density at radius 3 is 2.79 bits per heavy atom. The molecule has 0 atom stereocenters. The van der Waals surface area contributed by atoms with Gasteiger partial charge in [-0.2, -0.15) is 0 Å². The molecule has 76 valence electrons. The number of benzene rings is 1. The van der Waals surface area contributed by atoms with Gasteiger partial charge in [0, 0.05) is 11.1 Å². The number of ether oxygens (including phenoxy) is 1. The van der Waals surface area contributed by atoms with Crippen LogP contribution in [0.1, 0.15) is 35.7 Å². The molecule has 0 aromatic heterocycles. The maximum Gasteiger partial charge on any atom is 0.150 e. The lowest BCUT2D eigenvalue weighted by Gasteiger charge is -2.09. The molecule has 2 nitrogen and oxygen atoms in total. The van der Waals surface area contributed by atoms with Crippen LogP contribution in [0, 0.1) is 0 Å². The number of methoxy groups -OCH3 is 1. The maximum atomic E-state index is 10.8. The smallest absolute Gasteiger partial charge is 0.150 e. The molecule has 0 amide bonds. The largest absolute Gasteiger partial charge is 0.496 e. The second-order valence-corrected chi connectivity index (χ2v) is 3.25. The number of hydrogen-bond acceptors (Lipinski definition) is 2. The Kier molecular flexibility index (Phi) is 4.17. The fraction of sp³-hybridized carbons (Fsp3) is 0.417. The molecule has 0 aliphatic carbocycles. The molecule has 0 bridgehead atoms. The molecule has 0 saturated heterocycles. The van der Waals surface area contributed by atoms with Crippen molar-refractivity contribution in [1.82, 2.24) is 0 Å². The summed E-state index contributed by atoms with van der Waals surface area (Å²) in [5.41, 5.74) is 1.78. The zero-order valence-electron chi connectivity index (χ0n) is 8.75. The minimum Gasteiger partial charge on any atom is -0.496 e. The van der Waals surface area contributed by atoms with Crippen molar-refractivity contribution in [3.05, 3.63) is 29.3 Å².